The van der Waals surface area contributed by atoms with Crippen LogP contribution in [0.3, 0.4) is 0 Å². The Hall–Kier alpha value is -2.74. The highest BCUT2D eigenvalue weighted by Crippen LogP contribution is 2.33. The van der Waals surface area contributed by atoms with E-state index in [-0.39, 0.29) is 30.8 Å². The predicted molar refractivity (Wildman–Crippen MR) is 115 cm³/mol. The molecule has 1 fully saturated rings. The zero-order chi connectivity index (χ0) is 22.0. The lowest BCUT2D eigenvalue weighted by molar-refractivity contribution is -0.138. The number of imide groups is 1. The van der Waals surface area contributed by atoms with E-state index in [2.05, 4.69) is 4.90 Å². The van der Waals surface area contributed by atoms with Gasteiger partial charge in [0.05, 0.1) is 18.7 Å². The second kappa shape index (κ2) is 9.18. The third-order valence-corrected chi connectivity index (χ3v) is 5.89. The molecule has 8 heteroatoms. The minimum absolute atomic E-state index is 0.0724. The molecule has 0 bridgehead atoms. The first kappa shape index (κ1) is 21.5. The summed E-state index contributed by atoms with van der Waals surface area (Å²) in [6.45, 7) is 3.28. The summed E-state index contributed by atoms with van der Waals surface area (Å²) >= 11 is 6.02. The topological polar surface area (TPSA) is 64.1 Å². The molecule has 0 saturated carbocycles. The average molecular weight is 444 g/mol. The molecule has 4 rings (SSSR count). The van der Waals surface area contributed by atoms with Gasteiger partial charge in [0.15, 0.2) is 0 Å². The van der Waals surface area contributed by atoms with Crippen molar-refractivity contribution in [2.45, 2.75) is 6.54 Å². The largest absolute Gasteiger partial charge is 0.395 e. The molecule has 0 atom stereocenters. The standard InChI is InChI=1S/C23H23ClFN3O3/c24-18-5-3-17(4-6-18)20-21(27-11-9-26(10-12-27)13-14-29)23(31)28(22(20)30)15-16-1-7-19(25)8-2-16/h1-8,29H,9-15H2. The Labute approximate surface area is 185 Å². The Balaban J connectivity index is 1.66. The Morgan fingerprint density at radius 3 is 2.16 bits per heavy atom. The van der Waals surface area contributed by atoms with Gasteiger partial charge in [0.1, 0.15) is 11.5 Å². The fraction of sp³-hybridized carbons (Fsp3) is 0.304. The Kier molecular flexibility index (Phi) is 6.36. The van der Waals surface area contributed by atoms with Crippen LogP contribution in [0.4, 0.5) is 4.39 Å². The highest BCUT2D eigenvalue weighted by atomic mass is 35.5. The first-order chi connectivity index (χ1) is 15.0. The van der Waals surface area contributed by atoms with Crippen LogP contribution in [0, 0.1) is 5.82 Å². The van der Waals surface area contributed by atoms with E-state index in [0.717, 1.165) is 0 Å². The van der Waals surface area contributed by atoms with Crippen molar-refractivity contribution < 1.29 is 19.1 Å². The molecule has 2 heterocycles. The van der Waals surface area contributed by atoms with Crippen LogP contribution in [0.2, 0.25) is 5.02 Å². The molecule has 2 aromatic rings. The maximum atomic E-state index is 13.4. The summed E-state index contributed by atoms with van der Waals surface area (Å²) in [5.41, 5.74) is 2.06. The maximum Gasteiger partial charge on any atom is 0.278 e. The van der Waals surface area contributed by atoms with Crippen LogP contribution in [0.1, 0.15) is 11.1 Å². The number of β-amino-alcohol motifs (C(OH)–C–C–N with tert-alkyl or cyclic N) is 1. The highest BCUT2D eigenvalue weighted by Gasteiger charge is 2.42. The SMILES string of the molecule is O=C1C(c2ccc(Cl)cc2)=C(N2CCN(CCO)CC2)C(=O)N1Cc1ccc(F)cc1. The van der Waals surface area contributed by atoms with Gasteiger partial charge in [-0.3, -0.25) is 19.4 Å². The lowest BCUT2D eigenvalue weighted by atomic mass is 10.0. The van der Waals surface area contributed by atoms with Gasteiger partial charge >= 0.3 is 0 Å². The van der Waals surface area contributed by atoms with Crippen molar-refractivity contribution in [3.8, 4) is 0 Å². The highest BCUT2D eigenvalue weighted by molar-refractivity contribution is 6.35. The molecule has 1 N–H and O–H groups in total. The first-order valence-electron chi connectivity index (χ1n) is 10.2. The van der Waals surface area contributed by atoms with Crippen LogP contribution in [0.15, 0.2) is 54.2 Å². The van der Waals surface area contributed by atoms with Crippen molar-refractivity contribution in [2.24, 2.45) is 0 Å². The Morgan fingerprint density at radius 1 is 0.903 bits per heavy atom. The normalized spacial score (nSPS) is 17.8. The molecule has 0 spiro atoms. The number of hydrogen-bond donors (Lipinski definition) is 1. The lowest BCUT2D eigenvalue weighted by Gasteiger charge is -2.36. The van der Waals surface area contributed by atoms with Crippen molar-refractivity contribution in [3.05, 3.63) is 76.2 Å². The lowest BCUT2D eigenvalue weighted by Crippen LogP contribution is -2.48. The number of nitrogens with zero attached hydrogens (tertiary/aromatic N) is 3. The van der Waals surface area contributed by atoms with Gasteiger partial charge in [-0.1, -0.05) is 35.9 Å². The van der Waals surface area contributed by atoms with Crippen LogP contribution in [0.5, 0.6) is 0 Å². The zero-order valence-corrected chi connectivity index (χ0v) is 17.7. The van der Waals surface area contributed by atoms with Crippen LogP contribution < -0.4 is 0 Å². The molecule has 31 heavy (non-hydrogen) atoms. The summed E-state index contributed by atoms with van der Waals surface area (Å²) in [6.07, 6.45) is 0. The molecule has 1 saturated heterocycles. The molecule has 6 nitrogen and oxygen atoms in total. The van der Waals surface area contributed by atoms with Gasteiger partial charge in [0.25, 0.3) is 11.8 Å². The third-order valence-electron chi connectivity index (χ3n) is 5.64. The molecule has 162 valence electrons. The zero-order valence-electron chi connectivity index (χ0n) is 16.9. The summed E-state index contributed by atoms with van der Waals surface area (Å²) in [4.78, 5) is 32.0. The van der Waals surface area contributed by atoms with E-state index in [1.165, 1.54) is 17.0 Å². The summed E-state index contributed by atoms with van der Waals surface area (Å²) in [5, 5.41) is 9.72. The summed E-state index contributed by atoms with van der Waals surface area (Å²) in [7, 11) is 0. The van der Waals surface area contributed by atoms with Crippen molar-refractivity contribution in [2.75, 3.05) is 39.3 Å². The minimum Gasteiger partial charge on any atom is -0.395 e. The van der Waals surface area contributed by atoms with Crippen LogP contribution in [0.25, 0.3) is 5.57 Å². The average Bonchev–Trinajstić information content (AvgIpc) is 3.01. The number of rotatable bonds is 6. The number of aliphatic hydroxyl groups excluding tert-OH is 1. The van der Waals surface area contributed by atoms with Crippen molar-refractivity contribution >= 4 is 29.0 Å². The summed E-state index contributed by atoms with van der Waals surface area (Å²) < 4.78 is 13.3. The number of amides is 2. The molecule has 2 aliphatic rings. The second-order valence-electron chi connectivity index (χ2n) is 7.61. The van der Waals surface area contributed by atoms with Gasteiger partial charge < -0.3 is 10.0 Å². The summed E-state index contributed by atoms with van der Waals surface area (Å²) in [6, 6.07) is 12.7. The predicted octanol–water partition coefficient (Wildman–Crippen LogP) is 2.37. The molecule has 0 unspecified atom stereocenters. The van der Waals surface area contributed by atoms with E-state index < -0.39 is 0 Å². The van der Waals surface area contributed by atoms with Crippen molar-refractivity contribution in [1.82, 2.24) is 14.7 Å². The van der Waals surface area contributed by atoms with E-state index in [1.807, 2.05) is 4.90 Å². The third kappa shape index (κ3) is 4.49. The van der Waals surface area contributed by atoms with E-state index in [0.29, 0.717) is 60.1 Å². The number of piperazine rings is 1. The van der Waals surface area contributed by atoms with Crippen molar-refractivity contribution in [3.63, 3.8) is 0 Å². The first-order valence-corrected chi connectivity index (χ1v) is 10.5. The number of carbonyl (C=O) groups excluding carboxylic acids is 2. The number of hydrogen-bond acceptors (Lipinski definition) is 5. The minimum atomic E-state index is -0.371. The quantitative estimate of drug-likeness (QED) is 0.694. The fourth-order valence-corrected chi connectivity index (χ4v) is 4.11. The van der Waals surface area contributed by atoms with Crippen molar-refractivity contribution in [1.29, 1.82) is 0 Å². The number of halogens is 2. The fourth-order valence-electron chi connectivity index (χ4n) is 3.99. The van der Waals surface area contributed by atoms with Gasteiger partial charge in [-0.15, -0.1) is 0 Å². The van der Waals surface area contributed by atoms with Crippen LogP contribution >= 0.6 is 11.6 Å². The van der Waals surface area contributed by atoms with E-state index in [4.69, 9.17) is 11.6 Å². The maximum absolute atomic E-state index is 13.4. The van der Waals surface area contributed by atoms with Gasteiger partial charge in [-0.25, -0.2) is 4.39 Å². The molecule has 0 aromatic heterocycles. The molecule has 2 amide bonds. The molecule has 2 aromatic carbocycles. The van der Waals surface area contributed by atoms with Gasteiger partial charge in [-0.05, 0) is 35.4 Å². The summed E-state index contributed by atoms with van der Waals surface area (Å²) in [5.74, 6) is -1.09. The van der Waals surface area contributed by atoms with Crippen LogP contribution in [-0.2, 0) is 16.1 Å². The molecular formula is C23H23ClFN3O3. The molecular weight excluding hydrogens is 421 g/mol. The van der Waals surface area contributed by atoms with Gasteiger partial charge in [0, 0.05) is 37.7 Å². The van der Waals surface area contributed by atoms with E-state index in [9.17, 15) is 19.1 Å². The van der Waals surface area contributed by atoms with Gasteiger partial charge in [0.2, 0.25) is 0 Å². The second-order valence-corrected chi connectivity index (χ2v) is 8.04. The molecule has 0 radical (unpaired) electrons. The van der Waals surface area contributed by atoms with Gasteiger partial charge in [-0.2, -0.15) is 0 Å². The molecule has 0 aliphatic carbocycles. The Morgan fingerprint density at radius 2 is 1.55 bits per heavy atom. The van der Waals surface area contributed by atoms with Crippen LogP contribution in [-0.4, -0.2) is 71.0 Å². The van der Waals surface area contributed by atoms with E-state index in [1.54, 1.807) is 36.4 Å². The smallest absolute Gasteiger partial charge is 0.278 e. The Bertz CT molecular complexity index is 1000. The number of carbonyl (C=O) groups is 2. The van der Waals surface area contributed by atoms with E-state index >= 15 is 0 Å². The monoisotopic (exact) mass is 443 g/mol. The molecule has 2 aliphatic heterocycles. The number of aliphatic hydroxyl groups is 1. The number of benzene rings is 2.